The van der Waals surface area contributed by atoms with E-state index < -0.39 is 0 Å². The summed E-state index contributed by atoms with van der Waals surface area (Å²) in [4.78, 5) is 28.9. The first-order valence-electron chi connectivity index (χ1n) is 13.3. The van der Waals surface area contributed by atoms with Crippen molar-refractivity contribution in [3.05, 3.63) is 58.6 Å². The molecule has 1 aliphatic heterocycles. The van der Waals surface area contributed by atoms with Gasteiger partial charge in [-0.15, -0.1) is 0 Å². The normalized spacial score (nSPS) is 16.5. The van der Waals surface area contributed by atoms with Crippen molar-refractivity contribution in [1.82, 2.24) is 19.2 Å². The molecule has 0 saturated carbocycles. The minimum atomic E-state index is -0.181. The summed E-state index contributed by atoms with van der Waals surface area (Å²) >= 11 is 0. The SMILES string of the molecule is COc1cccc(-c2cn3cc(CCCCN4CCCCC4C)cc3c(=O)n2CC(=O)NC(C)C)c1. The van der Waals surface area contributed by atoms with Crippen molar-refractivity contribution in [1.29, 1.82) is 0 Å². The molecule has 1 N–H and O–H groups in total. The molecule has 194 valence electrons. The topological polar surface area (TPSA) is 68.0 Å². The number of aromatic nitrogens is 2. The zero-order valence-electron chi connectivity index (χ0n) is 22.1. The molecule has 0 spiro atoms. The van der Waals surface area contributed by atoms with Gasteiger partial charge in [-0.1, -0.05) is 18.6 Å². The fourth-order valence-electron chi connectivity index (χ4n) is 5.22. The number of hydrogen-bond acceptors (Lipinski definition) is 4. The number of hydrogen-bond donors (Lipinski definition) is 1. The lowest BCUT2D eigenvalue weighted by atomic mass is 10.0. The van der Waals surface area contributed by atoms with E-state index in [1.807, 2.05) is 54.8 Å². The predicted octanol–water partition coefficient (Wildman–Crippen LogP) is 4.50. The lowest BCUT2D eigenvalue weighted by molar-refractivity contribution is -0.122. The average Bonchev–Trinajstić information content (AvgIpc) is 3.27. The van der Waals surface area contributed by atoms with Gasteiger partial charge in [0.2, 0.25) is 5.91 Å². The van der Waals surface area contributed by atoms with Crippen LogP contribution in [0.15, 0.2) is 47.5 Å². The molecule has 1 atom stereocenters. The molecule has 1 amide bonds. The second-order valence-corrected chi connectivity index (χ2v) is 10.3. The smallest absolute Gasteiger partial charge is 0.275 e. The van der Waals surface area contributed by atoms with E-state index in [0.717, 1.165) is 36.9 Å². The lowest BCUT2D eigenvalue weighted by Crippen LogP contribution is -2.37. The Morgan fingerprint density at radius 1 is 1.17 bits per heavy atom. The third-order valence-electron chi connectivity index (χ3n) is 7.14. The summed E-state index contributed by atoms with van der Waals surface area (Å²) in [6.45, 7) is 8.50. The van der Waals surface area contributed by atoms with Gasteiger partial charge in [0.05, 0.1) is 12.8 Å². The van der Waals surface area contributed by atoms with E-state index in [9.17, 15) is 9.59 Å². The summed E-state index contributed by atoms with van der Waals surface area (Å²) in [7, 11) is 1.62. The van der Waals surface area contributed by atoms with Crippen molar-refractivity contribution in [2.24, 2.45) is 0 Å². The van der Waals surface area contributed by atoms with Gasteiger partial charge in [-0.3, -0.25) is 14.2 Å². The Balaban J connectivity index is 1.58. The van der Waals surface area contributed by atoms with E-state index in [1.54, 1.807) is 11.7 Å². The Morgan fingerprint density at radius 2 is 2.00 bits per heavy atom. The zero-order valence-corrected chi connectivity index (χ0v) is 22.1. The van der Waals surface area contributed by atoms with Crippen molar-refractivity contribution in [2.45, 2.75) is 77.9 Å². The van der Waals surface area contributed by atoms with Crippen molar-refractivity contribution >= 4 is 11.4 Å². The second kappa shape index (κ2) is 11.8. The van der Waals surface area contributed by atoms with Crippen LogP contribution in [0.1, 0.15) is 58.4 Å². The summed E-state index contributed by atoms with van der Waals surface area (Å²) in [5.74, 6) is 0.522. The number of nitrogens with zero attached hydrogens (tertiary/aromatic N) is 3. The number of carbonyl (C=O) groups is 1. The van der Waals surface area contributed by atoms with Crippen LogP contribution in [-0.2, 0) is 17.8 Å². The highest BCUT2D eigenvalue weighted by atomic mass is 16.5. The van der Waals surface area contributed by atoms with Crippen molar-refractivity contribution in [3.8, 4) is 17.0 Å². The van der Waals surface area contributed by atoms with Crippen LogP contribution in [0.2, 0.25) is 0 Å². The number of carbonyl (C=O) groups excluding carboxylic acids is 1. The van der Waals surface area contributed by atoms with Gasteiger partial charge in [-0.25, -0.2) is 0 Å². The van der Waals surface area contributed by atoms with Crippen LogP contribution in [-0.4, -0.2) is 52.1 Å². The first-order chi connectivity index (χ1) is 17.4. The van der Waals surface area contributed by atoms with E-state index in [4.69, 9.17) is 4.74 Å². The quantitative estimate of drug-likeness (QED) is 0.423. The third kappa shape index (κ3) is 6.19. The largest absolute Gasteiger partial charge is 0.497 e. The molecule has 36 heavy (non-hydrogen) atoms. The number of amides is 1. The predicted molar refractivity (Wildman–Crippen MR) is 145 cm³/mol. The Kier molecular flexibility index (Phi) is 8.52. The number of piperidine rings is 1. The van der Waals surface area contributed by atoms with Crippen LogP contribution in [0.5, 0.6) is 5.75 Å². The second-order valence-electron chi connectivity index (χ2n) is 10.3. The first-order valence-corrected chi connectivity index (χ1v) is 13.3. The molecule has 3 heterocycles. The molecular formula is C29H40N4O3. The molecule has 0 bridgehead atoms. The lowest BCUT2D eigenvalue weighted by Gasteiger charge is -2.33. The molecule has 7 heteroatoms. The number of rotatable bonds is 10. The summed E-state index contributed by atoms with van der Waals surface area (Å²) in [6, 6.07) is 10.3. The standard InChI is InChI=1S/C29H40N4O3/c1-21(2)30-28(34)20-33-27(24-12-9-13-25(17-24)36-4)19-32-18-23(16-26(32)29(33)35)11-6-8-15-31-14-7-5-10-22(31)3/h9,12-13,16-19,21-22H,5-8,10-11,14-15,20H2,1-4H3,(H,30,34). The molecule has 4 rings (SSSR count). The van der Waals surface area contributed by atoms with Gasteiger partial charge in [0.15, 0.2) is 0 Å². The summed E-state index contributed by atoms with van der Waals surface area (Å²) in [5, 5.41) is 2.90. The monoisotopic (exact) mass is 492 g/mol. The number of benzene rings is 1. The minimum Gasteiger partial charge on any atom is -0.497 e. The maximum Gasteiger partial charge on any atom is 0.275 e. The Hall–Kier alpha value is -3.06. The van der Waals surface area contributed by atoms with Gasteiger partial charge in [0, 0.05) is 30.0 Å². The molecule has 1 aliphatic rings. The average molecular weight is 493 g/mol. The van der Waals surface area contributed by atoms with Crippen LogP contribution in [0.25, 0.3) is 16.8 Å². The maximum absolute atomic E-state index is 13.6. The number of ether oxygens (including phenoxy) is 1. The number of aryl methyl sites for hydroxylation is 1. The van der Waals surface area contributed by atoms with E-state index in [0.29, 0.717) is 23.0 Å². The number of nitrogens with one attached hydrogen (secondary N) is 1. The van der Waals surface area contributed by atoms with Crippen LogP contribution in [0.3, 0.4) is 0 Å². The number of fused-ring (bicyclic) bond motifs is 1. The fraction of sp³-hybridized carbons (Fsp3) is 0.517. The highest BCUT2D eigenvalue weighted by molar-refractivity contribution is 5.77. The van der Waals surface area contributed by atoms with Crippen molar-refractivity contribution in [2.75, 3.05) is 20.2 Å². The highest BCUT2D eigenvalue weighted by Gasteiger charge is 2.18. The van der Waals surface area contributed by atoms with Gasteiger partial charge in [-0.05, 0) is 89.7 Å². The van der Waals surface area contributed by atoms with Gasteiger partial charge < -0.3 is 19.4 Å². The molecule has 1 aromatic carbocycles. The fourth-order valence-corrected chi connectivity index (χ4v) is 5.22. The molecule has 3 aromatic rings. The molecule has 1 saturated heterocycles. The molecular weight excluding hydrogens is 452 g/mol. The van der Waals surface area contributed by atoms with E-state index in [2.05, 4.69) is 23.3 Å². The van der Waals surface area contributed by atoms with Gasteiger partial charge >= 0.3 is 0 Å². The Bertz CT molecular complexity index is 1240. The third-order valence-corrected chi connectivity index (χ3v) is 7.14. The van der Waals surface area contributed by atoms with Crippen LogP contribution >= 0.6 is 0 Å². The Morgan fingerprint density at radius 3 is 2.75 bits per heavy atom. The summed E-state index contributed by atoms with van der Waals surface area (Å²) in [5.41, 5.74) is 3.10. The molecule has 1 unspecified atom stereocenters. The summed E-state index contributed by atoms with van der Waals surface area (Å²) < 4.78 is 8.89. The number of unbranched alkanes of at least 4 members (excludes halogenated alkanes) is 1. The van der Waals surface area contributed by atoms with Gasteiger partial charge in [-0.2, -0.15) is 0 Å². The van der Waals surface area contributed by atoms with E-state index >= 15 is 0 Å². The number of methoxy groups -OCH3 is 1. The minimum absolute atomic E-state index is 0.00466. The molecule has 0 aliphatic carbocycles. The Labute approximate surface area is 214 Å². The zero-order chi connectivity index (χ0) is 25.7. The molecule has 0 radical (unpaired) electrons. The van der Waals surface area contributed by atoms with E-state index in [1.165, 1.54) is 25.8 Å². The molecule has 2 aromatic heterocycles. The van der Waals surface area contributed by atoms with Crippen LogP contribution in [0, 0.1) is 0 Å². The molecule has 1 fully saturated rings. The van der Waals surface area contributed by atoms with Gasteiger partial charge in [0.1, 0.15) is 17.8 Å². The first kappa shape index (κ1) is 26.0. The van der Waals surface area contributed by atoms with Crippen molar-refractivity contribution < 1.29 is 9.53 Å². The van der Waals surface area contributed by atoms with Crippen LogP contribution < -0.4 is 15.6 Å². The maximum atomic E-state index is 13.6. The summed E-state index contributed by atoms with van der Waals surface area (Å²) in [6.07, 6.45) is 11.2. The van der Waals surface area contributed by atoms with E-state index in [-0.39, 0.29) is 24.1 Å². The van der Waals surface area contributed by atoms with Gasteiger partial charge in [0.25, 0.3) is 5.56 Å². The number of likely N-dealkylation sites (tertiary alicyclic amines) is 1. The molecule has 7 nitrogen and oxygen atoms in total. The highest BCUT2D eigenvalue weighted by Crippen LogP contribution is 2.24. The van der Waals surface area contributed by atoms with Crippen molar-refractivity contribution in [3.63, 3.8) is 0 Å². The van der Waals surface area contributed by atoms with Crippen LogP contribution in [0.4, 0.5) is 0 Å².